The molecule has 0 aromatic heterocycles. The molecular weight excluding hydrogens is 288 g/mol. The van der Waals surface area contributed by atoms with Crippen LogP contribution in [0, 0.1) is 0 Å². The van der Waals surface area contributed by atoms with Gasteiger partial charge in [-0.05, 0) is 57.2 Å². The van der Waals surface area contributed by atoms with Crippen LogP contribution in [0.25, 0.3) is 0 Å². The molecule has 0 saturated heterocycles. The van der Waals surface area contributed by atoms with Gasteiger partial charge in [-0.2, -0.15) is 0 Å². The largest absolute Gasteiger partial charge is 0.444 e. The maximum Gasteiger partial charge on any atom is 0.410 e. The summed E-state index contributed by atoms with van der Waals surface area (Å²) in [5, 5.41) is 3.65. The first-order valence-electron chi connectivity index (χ1n) is 8.69. The van der Waals surface area contributed by atoms with Gasteiger partial charge in [0.05, 0.1) is 0 Å². The van der Waals surface area contributed by atoms with Crippen molar-refractivity contribution in [2.24, 2.45) is 0 Å². The lowest BCUT2D eigenvalue weighted by molar-refractivity contribution is 0.0224. The van der Waals surface area contributed by atoms with E-state index < -0.39 is 5.60 Å². The third-order valence-electron chi connectivity index (χ3n) is 4.26. The number of nitrogens with zero attached hydrogens (tertiary/aromatic N) is 1. The molecule has 0 fully saturated rings. The molecule has 4 nitrogen and oxygen atoms in total. The monoisotopic (exact) mass is 318 g/mol. The standard InChI is InChI=1S/C19H30N2O2/c1-6-15(7-2)20-17-10-8-9-14-13-21(12-11-16(14)17)18(22)23-19(3,4)5/h8-10,15,20H,6-7,11-13H2,1-5H3. The van der Waals surface area contributed by atoms with Crippen molar-refractivity contribution in [1.29, 1.82) is 0 Å². The van der Waals surface area contributed by atoms with Crippen molar-refractivity contribution in [2.75, 3.05) is 11.9 Å². The number of anilines is 1. The molecule has 23 heavy (non-hydrogen) atoms. The summed E-state index contributed by atoms with van der Waals surface area (Å²) >= 11 is 0. The van der Waals surface area contributed by atoms with Gasteiger partial charge in [0.1, 0.15) is 5.60 Å². The number of amides is 1. The molecule has 4 heteroatoms. The number of rotatable bonds is 4. The van der Waals surface area contributed by atoms with E-state index >= 15 is 0 Å². The van der Waals surface area contributed by atoms with Gasteiger partial charge in [-0.15, -0.1) is 0 Å². The Morgan fingerprint density at radius 2 is 2.00 bits per heavy atom. The average molecular weight is 318 g/mol. The van der Waals surface area contributed by atoms with Crippen LogP contribution in [0.15, 0.2) is 18.2 Å². The fourth-order valence-corrected chi connectivity index (χ4v) is 2.94. The molecule has 0 aliphatic carbocycles. The summed E-state index contributed by atoms with van der Waals surface area (Å²) in [6.07, 6.45) is 2.88. The topological polar surface area (TPSA) is 41.6 Å². The summed E-state index contributed by atoms with van der Waals surface area (Å²) in [5.41, 5.74) is 3.34. The molecule has 128 valence electrons. The van der Waals surface area contributed by atoms with Gasteiger partial charge in [-0.3, -0.25) is 0 Å². The van der Waals surface area contributed by atoms with E-state index in [2.05, 4.69) is 37.4 Å². The second kappa shape index (κ2) is 7.24. The predicted molar refractivity (Wildman–Crippen MR) is 94.8 cm³/mol. The molecule has 2 rings (SSSR count). The maximum atomic E-state index is 12.3. The Morgan fingerprint density at radius 1 is 1.30 bits per heavy atom. The van der Waals surface area contributed by atoms with Crippen LogP contribution in [0.3, 0.4) is 0 Å². The number of hydrogen-bond acceptors (Lipinski definition) is 3. The van der Waals surface area contributed by atoms with E-state index in [0.29, 0.717) is 19.1 Å². The van der Waals surface area contributed by atoms with Crippen molar-refractivity contribution in [1.82, 2.24) is 4.90 Å². The molecule has 0 bridgehead atoms. The average Bonchev–Trinajstić information content (AvgIpc) is 2.50. The van der Waals surface area contributed by atoms with Crippen molar-refractivity contribution < 1.29 is 9.53 Å². The minimum absolute atomic E-state index is 0.221. The lowest BCUT2D eigenvalue weighted by Crippen LogP contribution is -2.40. The van der Waals surface area contributed by atoms with Crippen molar-refractivity contribution in [3.8, 4) is 0 Å². The van der Waals surface area contributed by atoms with Crippen LogP contribution in [-0.4, -0.2) is 29.2 Å². The third-order valence-corrected chi connectivity index (χ3v) is 4.26. The van der Waals surface area contributed by atoms with E-state index in [1.54, 1.807) is 4.90 Å². The van der Waals surface area contributed by atoms with Crippen LogP contribution >= 0.6 is 0 Å². The van der Waals surface area contributed by atoms with E-state index in [0.717, 1.165) is 19.3 Å². The molecule has 1 aromatic rings. The zero-order valence-electron chi connectivity index (χ0n) is 15.1. The van der Waals surface area contributed by atoms with Crippen LogP contribution in [0.4, 0.5) is 10.5 Å². The smallest absolute Gasteiger partial charge is 0.410 e. The zero-order chi connectivity index (χ0) is 17.0. The lowest BCUT2D eigenvalue weighted by Gasteiger charge is -2.32. The first-order chi connectivity index (χ1) is 10.8. The molecule has 1 heterocycles. The molecule has 0 radical (unpaired) electrons. The molecule has 0 unspecified atom stereocenters. The van der Waals surface area contributed by atoms with Crippen molar-refractivity contribution >= 4 is 11.8 Å². The lowest BCUT2D eigenvalue weighted by atomic mass is 9.97. The van der Waals surface area contributed by atoms with E-state index in [1.807, 2.05) is 20.8 Å². The third kappa shape index (κ3) is 4.63. The van der Waals surface area contributed by atoms with Gasteiger partial charge in [-0.25, -0.2) is 4.79 Å². The fraction of sp³-hybridized carbons (Fsp3) is 0.632. The molecule has 1 amide bonds. The summed E-state index contributed by atoms with van der Waals surface area (Å²) in [4.78, 5) is 14.1. The predicted octanol–water partition coefficient (Wildman–Crippen LogP) is 4.58. The highest BCUT2D eigenvalue weighted by Gasteiger charge is 2.26. The summed E-state index contributed by atoms with van der Waals surface area (Å²) in [7, 11) is 0. The molecule has 0 saturated carbocycles. The molecule has 1 N–H and O–H groups in total. The number of benzene rings is 1. The highest BCUT2D eigenvalue weighted by atomic mass is 16.6. The van der Waals surface area contributed by atoms with E-state index in [9.17, 15) is 4.79 Å². The normalized spacial score (nSPS) is 14.6. The van der Waals surface area contributed by atoms with Gasteiger partial charge in [0.2, 0.25) is 0 Å². The second-order valence-electron chi connectivity index (χ2n) is 7.25. The Balaban J connectivity index is 2.12. The molecule has 1 aliphatic heterocycles. The van der Waals surface area contributed by atoms with Crippen LogP contribution in [0.2, 0.25) is 0 Å². The fourth-order valence-electron chi connectivity index (χ4n) is 2.94. The Hall–Kier alpha value is -1.71. The van der Waals surface area contributed by atoms with Crippen LogP contribution < -0.4 is 5.32 Å². The van der Waals surface area contributed by atoms with Crippen LogP contribution in [0.5, 0.6) is 0 Å². The minimum Gasteiger partial charge on any atom is -0.444 e. The molecular formula is C19H30N2O2. The Morgan fingerprint density at radius 3 is 2.61 bits per heavy atom. The first kappa shape index (κ1) is 17.6. The molecule has 0 spiro atoms. The molecule has 1 aliphatic rings. The van der Waals surface area contributed by atoms with Crippen molar-refractivity contribution in [3.05, 3.63) is 29.3 Å². The number of carbonyl (C=O) groups is 1. The Bertz CT molecular complexity index is 545. The number of fused-ring (bicyclic) bond motifs is 1. The summed E-state index contributed by atoms with van der Waals surface area (Å²) in [6.45, 7) is 11.5. The van der Waals surface area contributed by atoms with Crippen LogP contribution in [0.1, 0.15) is 58.6 Å². The van der Waals surface area contributed by atoms with Gasteiger partial charge in [0.25, 0.3) is 0 Å². The van der Waals surface area contributed by atoms with Gasteiger partial charge < -0.3 is 15.0 Å². The Kier molecular flexibility index (Phi) is 5.55. The summed E-state index contributed by atoms with van der Waals surface area (Å²) in [5.74, 6) is 0. The number of carbonyl (C=O) groups excluding carboxylic acids is 1. The van der Waals surface area contributed by atoms with E-state index in [4.69, 9.17) is 4.74 Å². The molecule has 0 atom stereocenters. The molecule has 1 aromatic carbocycles. The maximum absolute atomic E-state index is 12.3. The highest BCUT2D eigenvalue weighted by molar-refractivity contribution is 5.69. The first-order valence-corrected chi connectivity index (χ1v) is 8.69. The second-order valence-corrected chi connectivity index (χ2v) is 7.25. The summed E-state index contributed by atoms with van der Waals surface area (Å²) < 4.78 is 5.49. The quantitative estimate of drug-likeness (QED) is 0.883. The summed E-state index contributed by atoms with van der Waals surface area (Å²) in [6, 6.07) is 6.84. The van der Waals surface area contributed by atoms with E-state index in [1.165, 1.54) is 16.8 Å². The van der Waals surface area contributed by atoms with Crippen molar-refractivity contribution in [2.45, 2.75) is 72.1 Å². The van der Waals surface area contributed by atoms with Crippen LogP contribution in [-0.2, 0) is 17.7 Å². The van der Waals surface area contributed by atoms with Gasteiger partial charge >= 0.3 is 6.09 Å². The van der Waals surface area contributed by atoms with Gasteiger partial charge in [0, 0.05) is 24.8 Å². The highest BCUT2D eigenvalue weighted by Crippen LogP contribution is 2.28. The van der Waals surface area contributed by atoms with Gasteiger partial charge in [0.15, 0.2) is 0 Å². The zero-order valence-corrected chi connectivity index (χ0v) is 15.1. The van der Waals surface area contributed by atoms with Gasteiger partial charge in [-0.1, -0.05) is 26.0 Å². The number of ether oxygens (including phenoxy) is 1. The minimum atomic E-state index is -0.448. The Labute approximate surface area is 140 Å². The van der Waals surface area contributed by atoms with E-state index in [-0.39, 0.29) is 6.09 Å². The SMILES string of the molecule is CCC(CC)Nc1cccc2c1CCN(C(=O)OC(C)(C)C)C2. The number of hydrogen-bond donors (Lipinski definition) is 1. The number of nitrogens with one attached hydrogen (secondary N) is 1. The van der Waals surface area contributed by atoms with Crippen molar-refractivity contribution in [3.63, 3.8) is 0 Å².